The van der Waals surface area contributed by atoms with E-state index in [2.05, 4.69) is 15.9 Å². The molecule has 0 aliphatic carbocycles. The maximum Gasteiger partial charge on any atom is 0.257 e. The number of hydrogen-bond acceptors (Lipinski definition) is 2. The Kier molecular flexibility index (Phi) is 5.73. The Morgan fingerprint density at radius 1 is 1.45 bits per heavy atom. The molecule has 1 unspecified atom stereocenters. The van der Waals surface area contributed by atoms with Gasteiger partial charge in [-0.15, -0.1) is 0 Å². The lowest BCUT2D eigenvalue weighted by Crippen LogP contribution is -2.41. The molecule has 3 nitrogen and oxygen atoms in total. The number of carbonyl (C=O) groups is 1. The van der Waals surface area contributed by atoms with E-state index in [1.165, 1.54) is 12.8 Å². The number of methoxy groups -OCH3 is 1. The van der Waals surface area contributed by atoms with Crippen molar-refractivity contribution in [3.05, 3.63) is 28.8 Å². The van der Waals surface area contributed by atoms with Crippen LogP contribution in [-0.2, 0) is 0 Å². The van der Waals surface area contributed by atoms with Gasteiger partial charge in [-0.1, -0.05) is 40.4 Å². The molecule has 2 rings (SSSR count). The number of ether oxygens (including phenoxy) is 1. The molecule has 0 aromatic heterocycles. The fourth-order valence-corrected chi connectivity index (χ4v) is 3.45. The fraction of sp³-hybridized carbons (Fsp3) is 0.533. The lowest BCUT2D eigenvalue weighted by Gasteiger charge is -2.29. The third-order valence-electron chi connectivity index (χ3n) is 3.71. The Hall–Kier alpha value is -0.740. The summed E-state index contributed by atoms with van der Waals surface area (Å²) in [7, 11) is 1.57. The first-order valence-electron chi connectivity index (χ1n) is 6.88. The third-order valence-corrected chi connectivity index (χ3v) is 4.69. The second-order valence-corrected chi connectivity index (χ2v) is 6.08. The average Bonchev–Trinajstić information content (AvgIpc) is 2.71. The lowest BCUT2D eigenvalue weighted by molar-refractivity contribution is 0.0699. The molecule has 0 bridgehead atoms. The molecular weight excluding hydrogens is 342 g/mol. The zero-order valence-electron chi connectivity index (χ0n) is 11.6. The quantitative estimate of drug-likeness (QED) is 0.759. The van der Waals surface area contributed by atoms with Gasteiger partial charge in [-0.05, 0) is 31.0 Å². The van der Waals surface area contributed by atoms with Gasteiger partial charge in [0.15, 0.2) is 0 Å². The van der Waals surface area contributed by atoms with Crippen LogP contribution in [0.5, 0.6) is 5.75 Å². The molecule has 0 N–H and O–H groups in total. The summed E-state index contributed by atoms with van der Waals surface area (Å²) < 4.78 is 5.29. The van der Waals surface area contributed by atoms with Crippen molar-refractivity contribution in [2.75, 3.05) is 19.0 Å². The summed E-state index contributed by atoms with van der Waals surface area (Å²) in [5.74, 6) is 0.590. The SMILES string of the molecule is COc1ccc(Cl)cc1C(=O)N1CCCCCC1CBr. The predicted octanol–water partition coefficient (Wildman–Crippen LogP) is 4.13. The van der Waals surface area contributed by atoms with E-state index in [4.69, 9.17) is 16.3 Å². The molecule has 1 aliphatic rings. The number of nitrogens with zero attached hydrogens (tertiary/aromatic N) is 1. The standard InChI is InChI=1S/C15H19BrClNO2/c1-20-14-7-6-11(17)9-13(14)15(19)18-8-4-2-3-5-12(18)10-16/h6-7,9,12H,2-5,8,10H2,1H3. The Morgan fingerprint density at radius 2 is 2.25 bits per heavy atom. The van der Waals surface area contributed by atoms with E-state index in [-0.39, 0.29) is 11.9 Å². The molecule has 20 heavy (non-hydrogen) atoms. The summed E-state index contributed by atoms with van der Waals surface area (Å²) in [5, 5.41) is 1.36. The third kappa shape index (κ3) is 3.47. The number of halogens is 2. The number of carbonyl (C=O) groups excluding carboxylic acids is 1. The Balaban J connectivity index is 2.30. The number of amides is 1. The van der Waals surface area contributed by atoms with Gasteiger partial charge in [0.2, 0.25) is 0 Å². The van der Waals surface area contributed by atoms with Crippen molar-refractivity contribution < 1.29 is 9.53 Å². The number of hydrogen-bond donors (Lipinski definition) is 0. The van der Waals surface area contributed by atoms with Crippen molar-refractivity contribution >= 4 is 33.4 Å². The number of benzene rings is 1. The molecule has 110 valence electrons. The van der Waals surface area contributed by atoms with Crippen molar-refractivity contribution in [1.29, 1.82) is 0 Å². The van der Waals surface area contributed by atoms with E-state index in [9.17, 15) is 4.79 Å². The van der Waals surface area contributed by atoms with Crippen molar-refractivity contribution in [3.8, 4) is 5.75 Å². The highest BCUT2D eigenvalue weighted by atomic mass is 79.9. The molecule has 1 fully saturated rings. The first kappa shape index (κ1) is 15.6. The zero-order chi connectivity index (χ0) is 14.5. The average molecular weight is 361 g/mol. The first-order valence-corrected chi connectivity index (χ1v) is 8.37. The highest BCUT2D eigenvalue weighted by molar-refractivity contribution is 9.09. The summed E-state index contributed by atoms with van der Waals surface area (Å²) in [6, 6.07) is 5.42. The summed E-state index contributed by atoms with van der Waals surface area (Å²) in [4.78, 5) is 14.8. The molecule has 5 heteroatoms. The molecular formula is C15H19BrClNO2. The molecule has 1 saturated heterocycles. The molecule has 1 atom stereocenters. The van der Waals surface area contributed by atoms with Crippen LogP contribution in [0.3, 0.4) is 0 Å². The second kappa shape index (κ2) is 7.32. The summed E-state index contributed by atoms with van der Waals surface area (Å²) in [5.41, 5.74) is 0.549. The number of rotatable bonds is 3. The van der Waals surface area contributed by atoms with Crippen LogP contribution >= 0.6 is 27.5 Å². The minimum Gasteiger partial charge on any atom is -0.496 e. The van der Waals surface area contributed by atoms with Crippen LogP contribution in [0.4, 0.5) is 0 Å². The van der Waals surface area contributed by atoms with Crippen molar-refractivity contribution in [3.63, 3.8) is 0 Å². The van der Waals surface area contributed by atoms with Crippen LogP contribution in [0.25, 0.3) is 0 Å². The smallest absolute Gasteiger partial charge is 0.257 e. The van der Waals surface area contributed by atoms with Crippen LogP contribution in [0.2, 0.25) is 5.02 Å². The second-order valence-electron chi connectivity index (χ2n) is 5.00. The van der Waals surface area contributed by atoms with Gasteiger partial charge in [-0.2, -0.15) is 0 Å². The van der Waals surface area contributed by atoms with Crippen LogP contribution in [0.1, 0.15) is 36.0 Å². The van der Waals surface area contributed by atoms with Gasteiger partial charge in [-0.25, -0.2) is 0 Å². The van der Waals surface area contributed by atoms with Crippen molar-refractivity contribution in [2.24, 2.45) is 0 Å². The Bertz CT molecular complexity index is 481. The molecule has 0 spiro atoms. The Labute approximate surface area is 133 Å². The van der Waals surface area contributed by atoms with Gasteiger partial charge in [0.25, 0.3) is 5.91 Å². The van der Waals surface area contributed by atoms with E-state index >= 15 is 0 Å². The lowest BCUT2D eigenvalue weighted by atomic mass is 10.1. The van der Waals surface area contributed by atoms with Gasteiger partial charge in [0, 0.05) is 22.9 Å². The van der Waals surface area contributed by atoms with Gasteiger partial charge in [-0.3, -0.25) is 4.79 Å². The summed E-state index contributed by atoms with van der Waals surface area (Å²) in [6.45, 7) is 0.796. The maximum atomic E-state index is 12.8. The van der Waals surface area contributed by atoms with E-state index in [0.29, 0.717) is 16.3 Å². The largest absolute Gasteiger partial charge is 0.496 e. The number of alkyl halides is 1. The van der Waals surface area contributed by atoms with Crippen LogP contribution in [-0.4, -0.2) is 35.8 Å². The van der Waals surface area contributed by atoms with E-state index in [1.54, 1.807) is 25.3 Å². The van der Waals surface area contributed by atoms with Gasteiger partial charge in [0.05, 0.1) is 12.7 Å². The van der Waals surface area contributed by atoms with Crippen molar-refractivity contribution in [2.45, 2.75) is 31.7 Å². The molecule has 0 radical (unpaired) electrons. The zero-order valence-corrected chi connectivity index (χ0v) is 13.9. The monoisotopic (exact) mass is 359 g/mol. The van der Waals surface area contributed by atoms with E-state index in [0.717, 1.165) is 24.7 Å². The predicted molar refractivity (Wildman–Crippen MR) is 85.1 cm³/mol. The molecule has 0 saturated carbocycles. The highest BCUT2D eigenvalue weighted by Crippen LogP contribution is 2.27. The maximum absolute atomic E-state index is 12.8. The molecule has 1 aromatic carbocycles. The molecule has 1 heterocycles. The summed E-state index contributed by atoms with van der Waals surface area (Å²) in [6.07, 6.45) is 4.45. The minimum atomic E-state index is 0.00991. The normalized spacial score (nSPS) is 19.6. The van der Waals surface area contributed by atoms with Gasteiger partial charge < -0.3 is 9.64 Å². The van der Waals surface area contributed by atoms with E-state index in [1.807, 2.05) is 4.90 Å². The number of likely N-dealkylation sites (tertiary alicyclic amines) is 1. The first-order chi connectivity index (χ1) is 9.67. The van der Waals surface area contributed by atoms with E-state index < -0.39 is 0 Å². The molecule has 1 amide bonds. The van der Waals surface area contributed by atoms with Crippen LogP contribution in [0.15, 0.2) is 18.2 Å². The highest BCUT2D eigenvalue weighted by Gasteiger charge is 2.27. The van der Waals surface area contributed by atoms with Gasteiger partial charge in [0.1, 0.15) is 5.75 Å². The Morgan fingerprint density at radius 3 is 2.95 bits per heavy atom. The summed E-state index contributed by atoms with van der Waals surface area (Å²) >= 11 is 9.55. The molecule has 1 aromatic rings. The fourth-order valence-electron chi connectivity index (χ4n) is 2.61. The van der Waals surface area contributed by atoms with Gasteiger partial charge >= 0.3 is 0 Å². The minimum absolute atomic E-state index is 0.00991. The van der Waals surface area contributed by atoms with Crippen LogP contribution < -0.4 is 4.74 Å². The topological polar surface area (TPSA) is 29.5 Å². The van der Waals surface area contributed by atoms with Crippen LogP contribution in [0, 0.1) is 0 Å². The molecule has 1 aliphatic heterocycles. The van der Waals surface area contributed by atoms with Crippen molar-refractivity contribution in [1.82, 2.24) is 4.90 Å².